The third-order valence-electron chi connectivity index (χ3n) is 4.43. The molecule has 0 amide bonds. The third-order valence-corrected chi connectivity index (χ3v) is 4.43. The molecule has 0 fully saturated rings. The highest BCUT2D eigenvalue weighted by molar-refractivity contribution is 6.01. The van der Waals surface area contributed by atoms with Crippen LogP contribution in [0.3, 0.4) is 0 Å². The molecule has 0 bridgehead atoms. The summed E-state index contributed by atoms with van der Waals surface area (Å²) in [7, 11) is 0. The van der Waals surface area contributed by atoms with Crippen LogP contribution in [-0.2, 0) is 16.0 Å². The maximum atomic E-state index is 12.4. The highest BCUT2D eigenvalue weighted by Gasteiger charge is 2.20. The number of ether oxygens (including phenoxy) is 2. The number of carbonyl (C=O) groups is 1. The number of allylic oxidation sites excluding steroid dienone is 1. The Bertz CT molecular complexity index is 1060. The molecule has 0 aromatic heterocycles. The molecule has 30 heavy (non-hydrogen) atoms. The maximum absolute atomic E-state index is 12.4. The van der Waals surface area contributed by atoms with Gasteiger partial charge in [0.1, 0.15) is 17.6 Å². The lowest BCUT2D eigenvalue weighted by Crippen LogP contribution is -2.17. The first-order valence-corrected chi connectivity index (χ1v) is 9.65. The van der Waals surface area contributed by atoms with E-state index in [1.54, 1.807) is 6.07 Å². The quantitative estimate of drug-likeness (QED) is 0.325. The van der Waals surface area contributed by atoms with Gasteiger partial charge in [0.05, 0.1) is 23.8 Å². The molecule has 2 aromatic carbocycles. The Labute approximate surface area is 175 Å². The number of carbonyl (C=O) groups excluding carboxylic acids is 1. The van der Waals surface area contributed by atoms with Gasteiger partial charge in [-0.1, -0.05) is 23.4 Å². The van der Waals surface area contributed by atoms with Crippen molar-refractivity contribution in [2.24, 2.45) is 10.9 Å². The average Bonchev–Trinajstić information content (AvgIpc) is 3.15. The zero-order valence-corrected chi connectivity index (χ0v) is 17.1. The maximum Gasteiger partial charge on any atom is 0.365 e. The minimum absolute atomic E-state index is 0.0895. The monoisotopic (exact) mass is 405 g/mol. The second-order valence-electron chi connectivity index (χ2n) is 6.88. The molecule has 0 radical (unpaired) electrons. The molecule has 0 saturated heterocycles. The highest BCUT2D eigenvalue weighted by atomic mass is 16.7. The molecule has 0 heterocycles. The Balaban J connectivity index is 1.77. The Morgan fingerprint density at radius 3 is 2.80 bits per heavy atom. The van der Waals surface area contributed by atoms with Crippen molar-refractivity contribution in [3.8, 4) is 11.8 Å². The van der Waals surface area contributed by atoms with Crippen LogP contribution in [0.4, 0.5) is 0 Å². The van der Waals surface area contributed by atoms with Crippen LogP contribution in [-0.4, -0.2) is 24.5 Å². The molecule has 7 nitrogen and oxygen atoms in total. The summed E-state index contributed by atoms with van der Waals surface area (Å²) in [5.74, 6) is 0.592. The molecule has 0 aliphatic heterocycles. The first-order chi connectivity index (χ1) is 14.4. The summed E-state index contributed by atoms with van der Waals surface area (Å²) in [6, 6.07) is 12.1. The zero-order chi connectivity index (χ0) is 21.7. The van der Waals surface area contributed by atoms with Gasteiger partial charge in [0.2, 0.25) is 0 Å². The van der Waals surface area contributed by atoms with Crippen molar-refractivity contribution in [1.82, 2.24) is 0 Å². The van der Waals surface area contributed by atoms with Crippen molar-refractivity contribution in [3.63, 3.8) is 0 Å². The number of hydrogen-bond acceptors (Lipinski definition) is 6. The van der Waals surface area contributed by atoms with Crippen molar-refractivity contribution >= 4 is 17.6 Å². The largest absolute Gasteiger partial charge is 0.494 e. The van der Waals surface area contributed by atoms with Gasteiger partial charge in [-0.05, 0) is 57.0 Å². The molecule has 1 aliphatic rings. The zero-order valence-electron chi connectivity index (χ0n) is 17.1. The van der Waals surface area contributed by atoms with Gasteiger partial charge >= 0.3 is 5.97 Å². The minimum atomic E-state index is -0.716. The number of nitriles is 1. The standard InChI is InChI=1S/C23H23N3O4/c1-4-28-21-11-9-17-18(21)6-5-7-19(17)22(25)26-30-23(27)15-8-10-20(29-14(2)3)16(12-15)13-24/h5-8,10-12,14H,4,9H2,1-3H3,(H2,25,26). The Kier molecular flexibility index (Phi) is 6.38. The van der Waals surface area contributed by atoms with Crippen LogP contribution in [0.1, 0.15) is 53.4 Å². The molecule has 7 heteroatoms. The van der Waals surface area contributed by atoms with E-state index >= 15 is 0 Å². The van der Waals surface area contributed by atoms with E-state index in [1.165, 1.54) is 12.1 Å². The van der Waals surface area contributed by atoms with Crippen LogP contribution >= 0.6 is 0 Å². The number of nitrogens with two attached hydrogens (primary N) is 1. The molecule has 2 aromatic rings. The first-order valence-electron chi connectivity index (χ1n) is 9.65. The number of nitrogens with zero attached hydrogens (tertiary/aromatic N) is 2. The Morgan fingerprint density at radius 1 is 1.30 bits per heavy atom. The summed E-state index contributed by atoms with van der Waals surface area (Å²) in [4.78, 5) is 17.4. The SMILES string of the molecule is CCOC1=CCc2c1cccc2/C(N)=N\OC(=O)c1ccc(OC(C)C)c(C#N)c1. The number of oxime groups is 1. The van der Waals surface area contributed by atoms with Crippen molar-refractivity contribution < 1.29 is 19.1 Å². The van der Waals surface area contributed by atoms with Gasteiger partial charge in [0, 0.05) is 11.1 Å². The van der Waals surface area contributed by atoms with Crippen molar-refractivity contribution in [3.05, 3.63) is 70.3 Å². The molecule has 0 unspecified atom stereocenters. The fourth-order valence-electron chi connectivity index (χ4n) is 3.17. The summed E-state index contributed by atoms with van der Waals surface area (Å²) in [6.07, 6.45) is 2.55. The second-order valence-corrected chi connectivity index (χ2v) is 6.88. The molecule has 3 rings (SSSR count). The van der Waals surface area contributed by atoms with E-state index in [0.717, 1.165) is 16.9 Å². The molecular weight excluding hydrogens is 382 g/mol. The molecule has 0 spiro atoms. The summed E-state index contributed by atoms with van der Waals surface area (Å²) >= 11 is 0. The molecule has 2 N–H and O–H groups in total. The Morgan fingerprint density at radius 2 is 2.10 bits per heavy atom. The molecule has 1 aliphatic carbocycles. The molecular formula is C23H23N3O4. The lowest BCUT2D eigenvalue weighted by Gasteiger charge is -2.11. The van der Waals surface area contributed by atoms with E-state index in [9.17, 15) is 10.1 Å². The first kappa shape index (κ1) is 20.9. The summed E-state index contributed by atoms with van der Waals surface area (Å²) in [5, 5.41) is 13.1. The number of benzene rings is 2. The van der Waals surface area contributed by atoms with E-state index in [4.69, 9.17) is 20.0 Å². The van der Waals surface area contributed by atoms with Crippen LogP contribution in [0.15, 0.2) is 47.6 Å². The van der Waals surface area contributed by atoms with E-state index in [2.05, 4.69) is 5.16 Å². The van der Waals surface area contributed by atoms with E-state index < -0.39 is 5.97 Å². The lowest BCUT2D eigenvalue weighted by molar-refractivity contribution is 0.0516. The highest BCUT2D eigenvalue weighted by Crippen LogP contribution is 2.30. The van der Waals surface area contributed by atoms with Crippen LogP contribution < -0.4 is 10.5 Å². The number of fused-ring (bicyclic) bond motifs is 1. The van der Waals surface area contributed by atoms with Gasteiger partial charge < -0.3 is 20.0 Å². The van der Waals surface area contributed by atoms with Gasteiger partial charge in [-0.25, -0.2) is 4.79 Å². The van der Waals surface area contributed by atoms with Crippen molar-refractivity contribution in [2.45, 2.75) is 33.3 Å². The smallest absolute Gasteiger partial charge is 0.365 e. The lowest BCUT2D eigenvalue weighted by atomic mass is 10.0. The Hall–Kier alpha value is -3.79. The van der Waals surface area contributed by atoms with E-state index in [-0.39, 0.29) is 23.1 Å². The normalized spacial score (nSPS) is 12.8. The topological polar surface area (TPSA) is 107 Å². The fourth-order valence-corrected chi connectivity index (χ4v) is 3.17. The molecule has 0 atom stereocenters. The summed E-state index contributed by atoms with van der Waals surface area (Å²) in [6.45, 7) is 6.21. The van der Waals surface area contributed by atoms with Gasteiger partial charge in [-0.3, -0.25) is 0 Å². The van der Waals surface area contributed by atoms with E-state index in [0.29, 0.717) is 24.3 Å². The van der Waals surface area contributed by atoms with Gasteiger partial charge in [0.25, 0.3) is 0 Å². The van der Waals surface area contributed by atoms with Gasteiger partial charge in [0.15, 0.2) is 5.84 Å². The van der Waals surface area contributed by atoms with Crippen LogP contribution in [0.25, 0.3) is 5.76 Å². The number of rotatable bonds is 7. The number of amidine groups is 1. The predicted molar refractivity (Wildman–Crippen MR) is 113 cm³/mol. The minimum Gasteiger partial charge on any atom is -0.494 e. The average molecular weight is 405 g/mol. The van der Waals surface area contributed by atoms with Crippen LogP contribution in [0.5, 0.6) is 5.75 Å². The van der Waals surface area contributed by atoms with Gasteiger partial charge in [-0.15, -0.1) is 0 Å². The predicted octanol–water partition coefficient (Wildman–Crippen LogP) is 3.76. The summed E-state index contributed by atoms with van der Waals surface area (Å²) in [5.41, 5.74) is 9.12. The fraction of sp³-hybridized carbons (Fsp3) is 0.261. The van der Waals surface area contributed by atoms with E-state index in [1.807, 2.05) is 51.1 Å². The van der Waals surface area contributed by atoms with Crippen molar-refractivity contribution in [2.75, 3.05) is 6.61 Å². The van der Waals surface area contributed by atoms with Crippen LogP contribution in [0.2, 0.25) is 0 Å². The summed E-state index contributed by atoms with van der Waals surface area (Å²) < 4.78 is 11.2. The van der Waals surface area contributed by atoms with Crippen molar-refractivity contribution in [1.29, 1.82) is 5.26 Å². The second kappa shape index (κ2) is 9.14. The van der Waals surface area contributed by atoms with Crippen LogP contribution in [0, 0.1) is 11.3 Å². The molecule has 0 saturated carbocycles. The van der Waals surface area contributed by atoms with Gasteiger partial charge in [-0.2, -0.15) is 5.26 Å². The number of hydrogen-bond donors (Lipinski definition) is 1. The molecule has 154 valence electrons. The third kappa shape index (κ3) is 4.44.